The first-order valence-corrected chi connectivity index (χ1v) is 11.0. The van der Waals surface area contributed by atoms with E-state index in [1.807, 2.05) is 62.9 Å². The van der Waals surface area contributed by atoms with E-state index in [0.29, 0.717) is 18.8 Å². The molecule has 1 fully saturated rings. The molecule has 2 aromatic carbocycles. The van der Waals surface area contributed by atoms with E-state index in [-0.39, 0.29) is 16.4 Å². The van der Waals surface area contributed by atoms with Gasteiger partial charge in [0.25, 0.3) is 10.0 Å². The molecule has 2 aromatic rings. The van der Waals surface area contributed by atoms with Crippen LogP contribution in [-0.4, -0.2) is 36.3 Å². The highest BCUT2D eigenvalue weighted by molar-refractivity contribution is 7.90. The van der Waals surface area contributed by atoms with Gasteiger partial charge < -0.3 is 10.0 Å². The van der Waals surface area contributed by atoms with Crippen molar-refractivity contribution in [2.45, 2.75) is 50.7 Å². The molecular formula is C22H28N2O3S. The van der Waals surface area contributed by atoms with Gasteiger partial charge in [-0.3, -0.25) is 0 Å². The Hall–Kier alpha value is -2.18. The predicted octanol–water partition coefficient (Wildman–Crippen LogP) is 3.94. The SMILES string of the molecule is Cc1ccc(S(=O)(=O)/N=C2\[C@@H]([C@H](O)c3ccccc3)CCN2C(C)(C)C)cc1. The van der Waals surface area contributed by atoms with Gasteiger partial charge in [-0.25, -0.2) is 0 Å². The van der Waals surface area contributed by atoms with Gasteiger partial charge in [-0.1, -0.05) is 48.0 Å². The van der Waals surface area contributed by atoms with E-state index in [1.165, 1.54) is 0 Å². The first kappa shape index (κ1) is 20.6. The van der Waals surface area contributed by atoms with E-state index in [1.54, 1.807) is 24.3 Å². The number of aliphatic hydroxyl groups is 1. The lowest BCUT2D eigenvalue weighted by Gasteiger charge is -2.35. The van der Waals surface area contributed by atoms with Crippen molar-refractivity contribution in [3.8, 4) is 0 Å². The van der Waals surface area contributed by atoms with Gasteiger partial charge in [0, 0.05) is 18.0 Å². The minimum Gasteiger partial charge on any atom is -0.388 e. The van der Waals surface area contributed by atoms with Crippen molar-refractivity contribution in [2.75, 3.05) is 6.54 Å². The van der Waals surface area contributed by atoms with E-state index in [2.05, 4.69) is 4.40 Å². The Kier molecular flexibility index (Phi) is 5.64. The van der Waals surface area contributed by atoms with Crippen LogP contribution < -0.4 is 0 Å². The van der Waals surface area contributed by atoms with Crippen LogP contribution in [0.5, 0.6) is 0 Å². The van der Waals surface area contributed by atoms with Gasteiger partial charge in [0.1, 0.15) is 5.84 Å². The van der Waals surface area contributed by atoms with Crippen molar-refractivity contribution in [3.63, 3.8) is 0 Å². The Balaban J connectivity index is 2.04. The monoisotopic (exact) mass is 400 g/mol. The smallest absolute Gasteiger partial charge is 0.283 e. The zero-order valence-corrected chi connectivity index (χ0v) is 17.6. The summed E-state index contributed by atoms with van der Waals surface area (Å²) in [5, 5.41) is 11.0. The number of aryl methyl sites for hydroxylation is 1. The number of amidine groups is 1. The molecule has 0 aromatic heterocycles. The topological polar surface area (TPSA) is 70.0 Å². The molecule has 0 spiro atoms. The first-order valence-electron chi connectivity index (χ1n) is 9.52. The van der Waals surface area contributed by atoms with Crippen LogP contribution in [0.3, 0.4) is 0 Å². The molecule has 1 heterocycles. The minimum absolute atomic E-state index is 0.166. The zero-order chi connectivity index (χ0) is 20.5. The lowest BCUT2D eigenvalue weighted by atomic mass is 9.94. The maximum atomic E-state index is 13.0. The molecule has 0 aliphatic carbocycles. The molecule has 150 valence electrons. The molecule has 1 aliphatic rings. The maximum Gasteiger partial charge on any atom is 0.283 e. The first-order chi connectivity index (χ1) is 13.1. The van der Waals surface area contributed by atoms with Gasteiger partial charge in [-0.15, -0.1) is 4.40 Å². The number of nitrogens with zero attached hydrogens (tertiary/aromatic N) is 2. The molecule has 3 rings (SSSR count). The summed E-state index contributed by atoms with van der Waals surface area (Å²) < 4.78 is 30.2. The minimum atomic E-state index is -3.87. The molecule has 0 saturated carbocycles. The number of sulfonamides is 1. The fourth-order valence-electron chi connectivity index (χ4n) is 3.58. The summed E-state index contributed by atoms with van der Waals surface area (Å²) >= 11 is 0. The number of aliphatic hydroxyl groups excluding tert-OH is 1. The van der Waals surface area contributed by atoms with Crippen LogP contribution in [0.25, 0.3) is 0 Å². The third-order valence-electron chi connectivity index (χ3n) is 5.14. The normalized spacial score (nSPS) is 20.5. The molecule has 0 unspecified atom stereocenters. The third kappa shape index (κ3) is 4.28. The predicted molar refractivity (Wildman–Crippen MR) is 112 cm³/mol. The van der Waals surface area contributed by atoms with Crippen LogP contribution in [-0.2, 0) is 10.0 Å². The fraction of sp³-hybridized carbons (Fsp3) is 0.409. The molecule has 0 amide bonds. The van der Waals surface area contributed by atoms with Gasteiger partial charge in [0.2, 0.25) is 0 Å². The Labute approximate surface area is 167 Å². The highest BCUT2D eigenvalue weighted by Crippen LogP contribution is 2.36. The van der Waals surface area contributed by atoms with Gasteiger partial charge >= 0.3 is 0 Å². The van der Waals surface area contributed by atoms with E-state index in [4.69, 9.17) is 0 Å². The average Bonchev–Trinajstić information content (AvgIpc) is 3.05. The van der Waals surface area contributed by atoms with E-state index in [0.717, 1.165) is 11.1 Å². The molecule has 5 nitrogen and oxygen atoms in total. The van der Waals surface area contributed by atoms with Crippen molar-refractivity contribution >= 4 is 15.9 Å². The average molecular weight is 401 g/mol. The lowest BCUT2D eigenvalue weighted by Crippen LogP contribution is -2.44. The van der Waals surface area contributed by atoms with Crippen molar-refractivity contribution < 1.29 is 13.5 Å². The zero-order valence-electron chi connectivity index (χ0n) is 16.8. The Morgan fingerprint density at radius 1 is 1.07 bits per heavy atom. The lowest BCUT2D eigenvalue weighted by molar-refractivity contribution is 0.141. The fourth-order valence-corrected chi connectivity index (χ4v) is 4.64. The van der Waals surface area contributed by atoms with Crippen LogP contribution >= 0.6 is 0 Å². The van der Waals surface area contributed by atoms with Gasteiger partial charge in [0.15, 0.2) is 0 Å². The number of rotatable bonds is 4. The summed E-state index contributed by atoms with van der Waals surface area (Å²) in [6.45, 7) is 8.64. The number of hydrogen-bond acceptors (Lipinski definition) is 3. The highest BCUT2D eigenvalue weighted by Gasteiger charge is 2.41. The van der Waals surface area contributed by atoms with Crippen LogP contribution in [0.1, 0.15) is 44.4 Å². The number of hydrogen-bond donors (Lipinski definition) is 1. The van der Waals surface area contributed by atoms with Gasteiger partial charge in [-0.2, -0.15) is 8.42 Å². The molecule has 2 atom stereocenters. The van der Waals surface area contributed by atoms with Crippen molar-refractivity contribution in [1.82, 2.24) is 4.90 Å². The quantitative estimate of drug-likeness (QED) is 0.844. The Morgan fingerprint density at radius 2 is 1.68 bits per heavy atom. The standard InChI is InChI=1S/C22H28N2O3S/c1-16-10-12-18(13-11-16)28(26,27)23-21-19(14-15-24(21)22(2,3)4)20(25)17-8-6-5-7-9-17/h5-13,19-20,25H,14-15H2,1-4H3/b23-21+/t19-,20-/m1/s1. The molecule has 6 heteroatoms. The largest absolute Gasteiger partial charge is 0.388 e. The van der Waals surface area contributed by atoms with Crippen LogP contribution in [0.2, 0.25) is 0 Å². The summed E-state index contributed by atoms with van der Waals surface area (Å²) in [5.41, 5.74) is 1.46. The molecule has 0 radical (unpaired) electrons. The summed E-state index contributed by atoms with van der Waals surface area (Å²) in [6.07, 6.45) is -0.157. The number of benzene rings is 2. The second-order valence-electron chi connectivity index (χ2n) is 8.31. The molecular weight excluding hydrogens is 372 g/mol. The molecule has 1 aliphatic heterocycles. The summed E-state index contributed by atoms with van der Waals surface area (Å²) in [7, 11) is -3.87. The molecule has 1 N–H and O–H groups in total. The van der Waals surface area contributed by atoms with Gasteiger partial charge in [0.05, 0.1) is 11.0 Å². The number of likely N-dealkylation sites (tertiary alicyclic amines) is 1. The van der Waals surface area contributed by atoms with Crippen molar-refractivity contribution in [3.05, 3.63) is 65.7 Å². The van der Waals surface area contributed by atoms with E-state index in [9.17, 15) is 13.5 Å². The summed E-state index contributed by atoms with van der Waals surface area (Å²) in [6, 6.07) is 16.0. The van der Waals surface area contributed by atoms with Crippen LogP contribution in [0.15, 0.2) is 63.9 Å². The highest BCUT2D eigenvalue weighted by atomic mass is 32.2. The van der Waals surface area contributed by atoms with E-state index < -0.39 is 16.1 Å². The maximum absolute atomic E-state index is 13.0. The molecule has 1 saturated heterocycles. The Morgan fingerprint density at radius 3 is 2.25 bits per heavy atom. The Bertz CT molecular complexity index is 946. The summed E-state index contributed by atoms with van der Waals surface area (Å²) in [4.78, 5) is 2.16. The van der Waals surface area contributed by atoms with Crippen LogP contribution in [0.4, 0.5) is 0 Å². The molecule has 28 heavy (non-hydrogen) atoms. The van der Waals surface area contributed by atoms with Crippen molar-refractivity contribution in [1.29, 1.82) is 0 Å². The van der Waals surface area contributed by atoms with Crippen molar-refractivity contribution in [2.24, 2.45) is 10.3 Å². The second-order valence-corrected chi connectivity index (χ2v) is 9.91. The van der Waals surface area contributed by atoms with Gasteiger partial charge in [-0.05, 0) is 51.8 Å². The van der Waals surface area contributed by atoms with Crippen LogP contribution in [0, 0.1) is 12.8 Å². The third-order valence-corrected chi connectivity index (χ3v) is 6.43. The summed E-state index contributed by atoms with van der Waals surface area (Å²) in [5.74, 6) is 0.0614. The second kappa shape index (κ2) is 7.68. The molecule has 0 bridgehead atoms. The van der Waals surface area contributed by atoms with E-state index >= 15 is 0 Å².